The summed E-state index contributed by atoms with van der Waals surface area (Å²) in [5.74, 6) is -0.822. The Labute approximate surface area is 64.5 Å². The largest absolute Gasteiger partial charge is 0.337 e. The molecule has 0 spiro atoms. The zero-order chi connectivity index (χ0) is 8.48. The van der Waals surface area contributed by atoms with Gasteiger partial charge in [0.1, 0.15) is 12.2 Å². The number of carbonyl (C=O) groups is 2. The van der Waals surface area contributed by atoms with E-state index in [2.05, 4.69) is 0 Å². The summed E-state index contributed by atoms with van der Waals surface area (Å²) in [6.07, 6.45) is -0.341. The van der Waals surface area contributed by atoms with Crippen LogP contribution in [0.1, 0.15) is 13.8 Å². The van der Waals surface area contributed by atoms with Crippen LogP contribution in [-0.4, -0.2) is 30.6 Å². The number of rotatable bonds is 2. The molecule has 1 rings (SSSR count). The van der Waals surface area contributed by atoms with Crippen molar-refractivity contribution in [2.24, 2.45) is 0 Å². The minimum Gasteiger partial charge on any atom is -0.337 e. The van der Waals surface area contributed by atoms with E-state index in [-0.39, 0.29) is 0 Å². The molecule has 0 aliphatic carbocycles. The van der Waals surface area contributed by atoms with Gasteiger partial charge in [-0.2, -0.15) is 0 Å². The Kier molecular flexibility index (Phi) is 2.06. The maximum atomic E-state index is 10.3. The van der Waals surface area contributed by atoms with Gasteiger partial charge in [0.2, 0.25) is 0 Å². The van der Waals surface area contributed by atoms with Crippen molar-refractivity contribution in [3.05, 3.63) is 0 Å². The minimum absolute atomic E-state index is 0.577. The van der Waals surface area contributed by atoms with Crippen LogP contribution in [0, 0.1) is 0 Å². The maximum absolute atomic E-state index is 10.3. The third-order valence-corrected chi connectivity index (χ3v) is 1.43. The van der Waals surface area contributed by atoms with Crippen LogP contribution in [0.2, 0.25) is 0 Å². The molecule has 0 aromatic heterocycles. The van der Waals surface area contributed by atoms with Crippen molar-refractivity contribution in [1.29, 1.82) is 0 Å². The second kappa shape index (κ2) is 2.71. The van der Waals surface area contributed by atoms with Gasteiger partial charge in [-0.15, -0.1) is 0 Å². The first kappa shape index (κ1) is 8.36. The van der Waals surface area contributed by atoms with Crippen LogP contribution in [0.4, 0.5) is 0 Å². The van der Waals surface area contributed by atoms with Gasteiger partial charge in [0.05, 0.1) is 0 Å². The predicted octanol–water partition coefficient (Wildman–Crippen LogP) is -0.0957. The molecule has 0 amide bonds. The fourth-order valence-corrected chi connectivity index (χ4v) is 1.03. The summed E-state index contributed by atoms with van der Waals surface area (Å²) in [5.41, 5.74) is 0. The molecule has 1 fully saturated rings. The van der Waals surface area contributed by atoms with Crippen LogP contribution in [0.25, 0.3) is 0 Å². The van der Waals surface area contributed by atoms with Gasteiger partial charge in [0.15, 0.2) is 18.4 Å². The molecular formula is C7H10O4. The van der Waals surface area contributed by atoms with Gasteiger partial charge in [0.25, 0.3) is 0 Å². The minimum atomic E-state index is -0.822. The Hall–Kier alpha value is -0.740. The first-order chi connectivity index (χ1) is 5.09. The molecule has 0 aromatic carbocycles. The Bertz CT molecular complexity index is 157. The number of carbonyl (C=O) groups excluding carboxylic acids is 2. The SMILES string of the molecule is CC1(C)O[C@@H](C=O)[C@@H](C=O)O1. The first-order valence-electron chi connectivity index (χ1n) is 3.35. The van der Waals surface area contributed by atoms with Gasteiger partial charge in [-0.25, -0.2) is 0 Å². The van der Waals surface area contributed by atoms with Crippen LogP contribution >= 0.6 is 0 Å². The number of hydrogen-bond donors (Lipinski definition) is 0. The summed E-state index contributed by atoms with van der Waals surface area (Å²) in [5, 5.41) is 0. The molecule has 1 aliphatic heterocycles. The summed E-state index contributed by atoms with van der Waals surface area (Å²) >= 11 is 0. The van der Waals surface area contributed by atoms with E-state index in [0.29, 0.717) is 12.6 Å². The van der Waals surface area contributed by atoms with E-state index in [0.717, 1.165) is 0 Å². The molecular weight excluding hydrogens is 148 g/mol. The maximum Gasteiger partial charge on any atom is 0.164 e. The molecule has 11 heavy (non-hydrogen) atoms. The molecule has 1 aliphatic rings. The topological polar surface area (TPSA) is 52.6 Å². The quantitative estimate of drug-likeness (QED) is 0.527. The van der Waals surface area contributed by atoms with Crippen molar-refractivity contribution in [3.8, 4) is 0 Å². The van der Waals surface area contributed by atoms with E-state index >= 15 is 0 Å². The van der Waals surface area contributed by atoms with E-state index in [1.807, 2.05) is 0 Å². The average Bonchev–Trinajstić information content (AvgIpc) is 2.25. The monoisotopic (exact) mass is 158 g/mol. The predicted molar refractivity (Wildman–Crippen MR) is 36.0 cm³/mol. The van der Waals surface area contributed by atoms with E-state index in [9.17, 15) is 9.59 Å². The summed E-state index contributed by atoms with van der Waals surface area (Å²) in [6, 6.07) is 0. The standard InChI is InChI=1S/C7H10O4/c1-7(2)10-5(3-8)6(4-9)11-7/h3-6H,1-2H3/t5-,6+. The van der Waals surface area contributed by atoms with Crippen molar-refractivity contribution in [2.75, 3.05) is 0 Å². The van der Waals surface area contributed by atoms with Crippen LogP contribution in [-0.2, 0) is 19.1 Å². The molecule has 62 valence electrons. The number of ether oxygens (including phenoxy) is 2. The van der Waals surface area contributed by atoms with Crippen molar-refractivity contribution in [1.82, 2.24) is 0 Å². The lowest BCUT2D eigenvalue weighted by Gasteiger charge is -2.15. The van der Waals surface area contributed by atoms with Crippen LogP contribution < -0.4 is 0 Å². The fourth-order valence-electron chi connectivity index (χ4n) is 1.03. The van der Waals surface area contributed by atoms with Crippen molar-refractivity contribution >= 4 is 12.6 Å². The zero-order valence-electron chi connectivity index (χ0n) is 6.44. The van der Waals surface area contributed by atoms with Gasteiger partial charge in [-0.05, 0) is 13.8 Å². The van der Waals surface area contributed by atoms with E-state index in [1.54, 1.807) is 13.8 Å². The first-order valence-corrected chi connectivity index (χ1v) is 3.35. The molecule has 0 N–H and O–H groups in total. The Morgan fingerprint density at radius 1 is 1.09 bits per heavy atom. The van der Waals surface area contributed by atoms with Crippen molar-refractivity contribution in [2.45, 2.75) is 31.8 Å². The molecule has 4 nitrogen and oxygen atoms in total. The highest BCUT2D eigenvalue weighted by Crippen LogP contribution is 2.25. The highest BCUT2D eigenvalue weighted by atomic mass is 16.8. The number of aldehydes is 2. The zero-order valence-corrected chi connectivity index (χ0v) is 6.44. The van der Waals surface area contributed by atoms with Gasteiger partial charge in [-0.3, -0.25) is 0 Å². The second-order valence-electron chi connectivity index (χ2n) is 2.84. The van der Waals surface area contributed by atoms with E-state index in [1.165, 1.54) is 0 Å². The Balaban J connectivity index is 2.69. The van der Waals surface area contributed by atoms with Gasteiger partial charge in [-0.1, -0.05) is 0 Å². The van der Waals surface area contributed by atoms with Crippen molar-refractivity contribution in [3.63, 3.8) is 0 Å². The van der Waals surface area contributed by atoms with Gasteiger partial charge in [0, 0.05) is 0 Å². The smallest absolute Gasteiger partial charge is 0.164 e. The highest BCUT2D eigenvalue weighted by Gasteiger charge is 2.40. The Morgan fingerprint density at radius 2 is 1.45 bits per heavy atom. The summed E-state index contributed by atoms with van der Waals surface area (Å²) in [4.78, 5) is 20.6. The molecule has 1 heterocycles. The van der Waals surface area contributed by atoms with E-state index in [4.69, 9.17) is 9.47 Å². The lowest BCUT2D eigenvalue weighted by Crippen LogP contribution is -2.24. The third-order valence-electron chi connectivity index (χ3n) is 1.43. The Morgan fingerprint density at radius 3 is 1.73 bits per heavy atom. The van der Waals surface area contributed by atoms with Gasteiger partial charge >= 0.3 is 0 Å². The van der Waals surface area contributed by atoms with Crippen LogP contribution in [0.15, 0.2) is 0 Å². The summed E-state index contributed by atoms with van der Waals surface area (Å²) < 4.78 is 10.2. The molecule has 2 atom stereocenters. The fraction of sp³-hybridized carbons (Fsp3) is 0.714. The lowest BCUT2D eigenvalue weighted by molar-refractivity contribution is -0.152. The van der Waals surface area contributed by atoms with E-state index < -0.39 is 18.0 Å². The normalized spacial score (nSPS) is 35.1. The molecule has 0 unspecified atom stereocenters. The molecule has 0 aromatic rings. The highest BCUT2D eigenvalue weighted by molar-refractivity contribution is 5.69. The number of hydrogen-bond acceptors (Lipinski definition) is 4. The molecule has 0 saturated carbocycles. The van der Waals surface area contributed by atoms with Gasteiger partial charge < -0.3 is 19.1 Å². The summed E-state index contributed by atoms with van der Waals surface area (Å²) in [7, 11) is 0. The molecule has 1 saturated heterocycles. The van der Waals surface area contributed by atoms with Crippen LogP contribution in [0.3, 0.4) is 0 Å². The summed E-state index contributed by atoms with van der Waals surface area (Å²) in [6.45, 7) is 3.32. The lowest BCUT2D eigenvalue weighted by atomic mass is 10.2. The van der Waals surface area contributed by atoms with Crippen LogP contribution in [0.5, 0.6) is 0 Å². The average molecular weight is 158 g/mol. The molecule has 4 heteroatoms. The molecule has 0 bridgehead atoms. The second-order valence-corrected chi connectivity index (χ2v) is 2.84. The van der Waals surface area contributed by atoms with Crippen molar-refractivity contribution < 1.29 is 19.1 Å². The third kappa shape index (κ3) is 1.64. The molecule has 0 radical (unpaired) electrons.